The Hall–Kier alpha value is -2.21. The van der Waals surface area contributed by atoms with Gasteiger partial charge >= 0.3 is 0 Å². The first-order valence-electron chi connectivity index (χ1n) is 8.16. The SMILES string of the molecule is CCc1nc(CC(=O)Nc2ccccc2C(=O)NC(C)CC)cs1. The van der Waals surface area contributed by atoms with Gasteiger partial charge < -0.3 is 10.6 Å². The molecular weight excluding hydrogens is 322 g/mol. The van der Waals surface area contributed by atoms with Crippen molar-refractivity contribution in [1.82, 2.24) is 10.3 Å². The topological polar surface area (TPSA) is 71.1 Å². The highest BCUT2D eigenvalue weighted by Gasteiger charge is 2.15. The van der Waals surface area contributed by atoms with Gasteiger partial charge in [0.05, 0.1) is 28.4 Å². The molecule has 0 saturated carbocycles. The third kappa shape index (κ3) is 4.89. The highest BCUT2D eigenvalue weighted by atomic mass is 32.1. The first-order chi connectivity index (χ1) is 11.5. The summed E-state index contributed by atoms with van der Waals surface area (Å²) in [5, 5.41) is 8.66. The van der Waals surface area contributed by atoms with Crippen LogP contribution in [0.2, 0.25) is 0 Å². The summed E-state index contributed by atoms with van der Waals surface area (Å²) in [5.74, 6) is -0.353. The third-order valence-electron chi connectivity index (χ3n) is 3.68. The molecule has 2 aromatic rings. The van der Waals surface area contributed by atoms with Gasteiger partial charge in [-0.2, -0.15) is 0 Å². The number of thiazole rings is 1. The number of para-hydroxylation sites is 1. The Morgan fingerprint density at radius 2 is 2.00 bits per heavy atom. The third-order valence-corrected chi connectivity index (χ3v) is 4.72. The first kappa shape index (κ1) is 18.1. The zero-order valence-electron chi connectivity index (χ0n) is 14.3. The number of rotatable bonds is 7. The predicted octanol–water partition coefficient (Wildman–Crippen LogP) is 3.42. The molecule has 0 aliphatic carbocycles. The zero-order valence-corrected chi connectivity index (χ0v) is 15.1. The maximum absolute atomic E-state index is 12.3. The average molecular weight is 345 g/mol. The van der Waals surface area contributed by atoms with Gasteiger partial charge in [-0.15, -0.1) is 11.3 Å². The monoisotopic (exact) mass is 345 g/mol. The highest BCUT2D eigenvalue weighted by molar-refractivity contribution is 7.09. The van der Waals surface area contributed by atoms with E-state index >= 15 is 0 Å². The Kier molecular flexibility index (Phi) is 6.49. The fourth-order valence-corrected chi connectivity index (χ4v) is 2.89. The molecule has 1 aromatic heterocycles. The van der Waals surface area contributed by atoms with Crippen LogP contribution in [0.1, 0.15) is 48.3 Å². The van der Waals surface area contributed by atoms with Gasteiger partial charge in [-0.25, -0.2) is 4.98 Å². The maximum atomic E-state index is 12.3. The Morgan fingerprint density at radius 3 is 2.67 bits per heavy atom. The number of carbonyl (C=O) groups excluding carboxylic acids is 2. The lowest BCUT2D eigenvalue weighted by Crippen LogP contribution is -2.32. The van der Waals surface area contributed by atoms with Gasteiger partial charge in [0.2, 0.25) is 5.91 Å². The summed E-state index contributed by atoms with van der Waals surface area (Å²) in [6, 6.07) is 7.12. The molecule has 0 bridgehead atoms. The Bertz CT molecular complexity index is 712. The number of amides is 2. The van der Waals surface area contributed by atoms with E-state index in [0.717, 1.165) is 23.5 Å². The van der Waals surface area contributed by atoms with Gasteiger partial charge in [0.15, 0.2) is 0 Å². The van der Waals surface area contributed by atoms with E-state index in [9.17, 15) is 9.59 Å². The largest absolute Gasteiger partial charge is 0.350 e. The van der Waals surface area contributed by atoms with Crippen molar-refractivity contribution in [3.05, 3.63) is 45.9 Å². The van der Waals surface area contributed by atoms with Crippen molar-refractivity contribution in [2.45, 2.75) is 46.1 Å². The second-order valence-corrected chi connectivity index (χ2v) is 6.58. The van der Waals surface area contributed by atoms with Crippen LogP contribution in [0.25, 0.3) is 0 Å². The molecule has 2 amide bonds. The van der Waals surface area contributed by atoms with Crippen molar-refractivity contribution in [3.8, 4) is 0 Å². The number of hydrogen-bond acceptors (Lipinski definition) is 4. The van der Waals surface area contributed by atoms with Gasteiger partial charge in [-0.3, -0.25) is 9.59 Å². The number of nitrogens with zero attached hydrogens (tertiary/aromatic N) is 1. The molecule has 2 N–H and O–H groups in total. The molecule has 5 nitrogen and oxygen atoms in total. The van der Waals surface area contributed by atoms with Gasteiger partial charge in [-0.1, -0.05) is 26.0 Å². The summed E-state index contributed by atoms with van der Waals surface area (Å²) in [6.45, 7) is 6.00. The number of aromatic nitrogens is 1. The van der Waals surface area contributed by atoms with Gasteiger partial charge in [0.25, 0.3) is 5.91 Å². The Balaban J connectivity index is 2.06. The minimum absolute atomic E-state index is 0.0868. The normalized spacial score (nSPS) is 11.8. The molecule has 24 heavy (non-hydrogen) atoms. The van der Waals surface area contributed by atoms with Crippen LogP contribution in [0, 0.1) is 0 Å². The average Bonchev–Trinajstić information content (AvgIpc) is 3.02. The van der Waals surface area contributed by atoms with Gasteiger partial charge in [0, 0.05) is 11.4 Å². The highest BCUT2D eigenvalue weighted by Crippen LogP contribution is 2.17. The standard InChI is InChI=1S/C18H23N3O2S/c1-4-12(3)19-18(23)14-8-6-7-9-15(14)21-16(22)10-13-11-24-17(5-2)20-13/h6-9,11-12H,4-5,10H2,1-3H3,(H,19,23)(H,21,22). The van der Waals surface area contributed by atoms with E-state index < -0.39 is 0 Å². The molecule has 0 aliphatic rings. The molecule has 0 saturated heterocycles. The number of carbonyl (C=O) groups is 2. The van der Waals surface area contributed by atoms with Crippen molar-refractivity contribution in [1.29, 1.82) is 0 Å². The Labute approximate surface area is 146 Å². The Morgan fingerprint density at radius 1 is 1.25 bits per heavy atom. The van der Waals surface area contributed by atoms with E-state index in [0.29, 0.717) is 11.3 Å². The molecule has 1 heterocycles. The number of hydrogen-bond donors (Lipinski definition) is 2. The lowest BCUT2D eigenvalue weighted by atomic mass is 10.1. The molecule has 0 spiro atoms. The molecule has 1 unspecified atom stereocenters. The lowest BCUT2D eigenvalue weighted by Gasteiger charge is -2.14. The van der Waals surface area contributed by atoms with E-state index in [4.69, 9.17) is 0 Å². The lowest BCUT2D eigenvalue weighted by molar-refractivity contribution is -0.115. The van der Waals surface area contributed by atoms with Crippen LogP contribution < -0.4 is 10.6 Å². The van der Waals surface area contributed by atoms with Crippen molar-refractivity contribution in [2.75, 3.05) is 5.32 Å². The van der Waals surface area contributed by atoms with Crippen LogP contribution in [0.3, 0.4) is 0 Å². The molecule has 1 atom stereocenters. The number of nitrogens with one attached hydrogen (secondary N) is 2. The minimum Gasteiger partial charge on any atom is -0.350 e. The van der Waals surface area contributed by atoms with Gasteiger partial charge in [0.1, 0.15) is 0 Å². The van der Waals surface area contributed by atoms with E-state index in [2.05, 4.69) is 15.6 Å². The number of anilines is 1. The summed E-state index contributed by atoms with van der Waals surface area (Å²) in [7, 11) is 0. The van der Waals surface area contributed by atoms with Crippen LogP contribution >= 0.6 is 11.3 Å². The van der Waals surface area contributed by atoms with E-state index in [1.165, 1.54) is 0 Å². The molecule has 0 fully saturated rings. The summed E-state index contributed by atoms with van der Waals surface area (Å²) in [5.41, 5.74) is 1.75. The predicted molar refractivity (Wildman–Crippen MR) is 97.5 cm³/mol. The molecule has 0 radical (unpaired) electrons. The fourth-order valence-electron chi connectivity index (χ4n) is 2.15. The number of benzene rings is 1. The smallest absolute Gasteiger partial charge is 0.253 e. The van der Waals surface area contributed by atoms with Crippen LogP contribution in [-0.4, -0.2) is 22.8 Å². The van der Waals surface area contributed by atoms with Crippen LogP contribution in [0.15, 0.2) is 29.6 Å². The quantitative estimate of drug-likeness (QED) is 0.808. The summed E-state index contributed by atoms with van der Waals surface area (Å²) in [4.78, 5) is 29.0. The minimum atomic E-state index is -0.179. The van der Waals surface area contributed by atoms with Crippen molar-refractivity contribution >= 4 is 28.8 Å². The molecule has 6 heteroatoms. The van der Waals surface area contributed by atoms with Crippen molar-refractivity contribution < 1.29 is 9.59 Å². The van der Waals surface area contributed by atoms with Crippen LogP contribution in [-0.2, 0) is 17.6 Å². The second kappa shape index (κ2) is 8.59. The molecule has 1 aromatic carbocycles. The van der Waals surface area contributed by atoms with Gasteiger partial charge in [-0.05, 0) is 31.9 Å². The molecule has 2 rings (SSSR count). The fraction of sp³-hybridized carbons (Fsp3) is 0.389. The van der Waals surface area contributed by atoms with E-state index in [-0.39, 0.29) is 24.3 Å². The summed E-state index contributed by atoms with van der Waals surface area (Å²) in [6.07, 6.45) is 1.92. The zero-order chi connectivity index (χ0) is 17.5. The van der Waals surface area contributed by atoms with Crippen molar-refractivity contribution in [3.63, 3.8) is 0 Å². The second-order valence-electron chi connectivity index (χ2n) is 5.64. The first-order valence-corrected chi connectivity index (χ1v) is 9.04. The van der Waals surface area contributed by atoms with Crippen molar-refractivity contribution in [2.24, 2.45) is 0 Å². The van der Waals surface area contributed by atoms with Crippen LogP contribution in [0.4, 0.5) is 5.69 Å². The number of aryl methyl sites for hydroxylation is 1. The van der Waals surface area contributed by atoms with E-state index in [1.54, 1.807) is 35.6 Å². The summed E-state index contributed by atoms with van der Waals surface area (Å²) < 4.78 is 0. The summed E-state index contributed by atoms with van der Waals surface area (Å²) >= 11 is 1.56. The van der Waals surface area contributed by atoms with E-state index in [1.807, 2.05) is 26.2 Å². The van der Waals surface area contributed by atoms with Crippen LogP contribution in [0.5, 0.6) is 0 Å². The molecule has 0 aliphatic heterocycles. The molecular formula is C18H23N3O2S. The molecule has 128 valence electrons. The maximum Gasteiger partial charge on any atom is 0.253 e.